The second-order valence-corrected chi connectivity index (χ2v) is 4.04. The molecule has 4 heteroatoms. The fourth-order valence-corrected chi connectivity index (χ4v) is 1.24. The van der Waals surface area contributed by atoms with Crippen LogP contribution in [0.15, 0.2) is 29.4 Å². The van der Waals surface area contributed by atoms with Gasteiger partial charge in [0.25, 0.3) is 0 Å². The first kappa shape index (κ1) is 13.2. The average molecular weight is 233 g/mol. The van der Waals surface area contributed by atoms with Gasteiger partial charge in [-0.25, -0.2) is 0 Å². The summed E-state index contributed by atoms with van der Waals surface area (Å²) in [5, 5.41) is 14.8. The zero-order valence-corrected chi connectivity index (χ0v) is 10.4. The molecule has 0 saturated heterocycles. The SMILES string of the molecule is CC[C@@H](C)/C(C)=N\Nc1ccc(C(=O)[O-])cc1. The quantitative estimate of drug-likeness (QED) is 0.624. The van der Waals surface area contributed by atoms with Crippen molar-refractivity contribution in [3.63, 3.8) is 0 Å². The Morgan fingerprint density at radius 3 is 2.47 bits per heavy atom. The summed E-state index contributed by atoms with van der Waals surface area (Å²) >= 11 is 0. The number of aromatic carboxylic acids is 1. The molecule has 1 atom stereocenters. The van der Waals surface area contributed by atoms with Crippen LogP contribution in [0.1, 0.15) is 37.6 Å². The van der Waals surface area contributed by atoms with Crippen molar-refractivity contribution in [3.8, 4) is 0 Å². The number of hydrazone groups is 1. The zero-order chi connectivity index (χ0) is 12.8. The van der Waals surface area contributed by atoms with Gasteiger partial charge in [0.2, 0.25) is 0 Å². The molecule has 4 nitrogen and oxygen atoms in total. The molecule has 0 radical (unpaired) electrons. The molecule has 0 unspecified atom stereocenters. The smallest absolute Gasteiger partial charge is 0.0715 e. The summed E-state index contributed by atoms with van der Waals surface area (Å²) < 4.78 is 0. The molecule has 0 aromatic heterocycles. The monoisotopic (exact) mass is 233 g/mol. The fraction of sp³-hybridized carbons (Fsp3) is 0.385. The molecule has 1 N–H and O–H groups in total. The molecule has 0 aliphatic rings. The van der Waals surface area contributed by atoms with Crippen LogP contribution in [0.25, 0.3) is 0 Å². The third-order valence-electron chi connectivity index (χ3n) is 2.81. The van der Waals surface area contributed by atoms with Gasteiger partial charge in [-0.1, -0.05) is 26.0 Å². The summed E-state index contributed by atoms with van der Waals surface area (Å²) in [6.45, 7) is 6.19. The maximum atomic E-state index is 10.5. The van der Waals surface area contributed by atoms with Crippen molar-refractivity contribution in [1.82, 2.24) is 0 Å². The number of carboxylic acid groups (broad SMARTS) is 1. The minimum Gasteiger partial charge on any atom is -0.545 e. The molecule has 0 saturated carbocycles. The lowest BCUT2D eigenvalue weighted by molar-refractivity contribution is -0.255. The van der Waals surface area contributed by atoms with Crippen LogP contribution in [-0.2, 0) is 0 Å². The lowest BCUT2D eigenvalue weighted by Gasteiger charge is -2.09. The number of benzene rings is 1. The number of carbonyl (C=O) groups is 1. The molecule has 0 aliphatic carbocycles. The zero-order valence-electron chi connectivity index (χ0n) is 10.4. The molecule has 0 bridgehead atoms. The van der Waals surface area contributed by atoms with Crippen LogP contribution in [0.2, 0.25) is 0 Å². The van der Waals surface area contributed by atoms with Crippen molar-refractivity contribution >= 4 is 17.4 Å². The predicted molar refractivity (Wildman–Crippen MR) is 67.0 cm³/mol. The lowest BCUT2D eigenvalue weighted by atomic mass is 10.1. The van der Waals surface area contributed by atoms with Gasteiger partial charge in [-0.05, 0) is 37.0 Å². The van der Waals surface area contributed by atoms with E-state index in [0.29, 0.717) is 5.92 Å². The molecule has 0 fully saturated rings. The van der Waals surface area contributed by atoms with Gasteiger partial charge in [0.05, 0.1) is 11.7 Å². The van der Waals surface area contributed by atoms with Gasteiger partial charge in [0.15, 0.2) is 0 Å². The normalized spacial score (nSPS) is 13.2. The Labute approximate surface area is 101 Å². The Balaban J connectivity index is 2.67. The van der Waals surface area contributed by atoms with Gasteiger partial charge < -0.3 is 9.90 Å². The highest BCUT2D eigenvalue weighted by molar-refractivity contribution is 5.86. The van der Waals surface area contributed by atoms with E-state index in [0.717, 1.165) is 17.8 Å². The van der Waals surface area contributed by atoms with E-state index < -0.39 is 5.97 Å². The third-order valence-corrected chi connectivity index (χ3v) is 2.81. The largest absolute Gasteiger partial charge is 0.545 e. The van der Waals surface area contributed by atoms with Crippen LogP contribution in [0.3, 0.4) is 0 Å². The van der Waals surface area contributed by atoms with E-state index in [9.17, 15) is 9.90 Å². The van der Waals surface area contributed by atoms with Crippen LogP contribution >= 0.6 is 0 Å². The van der Waals surface area contributed by atoms with E-state index in [1.165, 1.54) is 12.1 Å². The van der Waals surface area contributed by atoms with Crippen LogP contribution in [0, 0.1) is 5.92 Å². The Bertz CT molecular complexity index is 410. The topological polar surface area (TPSA) is 64.5 Å². The highest BCUT2D eigenvalue weighted by Crippen LogP contribution is 2.10. The number of hydrogen-bond acceptors (Lipinski definition) is 4. The second kappa shape index (κ2) is 6.03. The predicted octanol–water partition coefficient (Wildman–Crippen LogP) is 1.88. The Hall–Kier alpha value is -1.84. The molecule has 0 heterocycles. The van der Waals surface area contributed by atoms with Crippen molar-refractivity contribution in [2.24, 2.45) is 11.0 Å². The highest BCUT2D eigenvalue weighted by atomic mass is 16.4. The van der Waals surface area contributed by atoms with E-state index in [1.807, 2.05) is 6.92 Å². The number of nitrogens with zero attached hydrogens (tertiary/aromatic N) is 1. The van der Waals surface area contributed by atoms with Gasteiger partial charge in [0, 0.05) is 5.71 Å². The molecule has 1 aromatic carbocycles. The summed E-state index contributed by atoms with van der Waals surface area (Å²) in [4.78, 5) is 10.5. The van der Waals surface area contributed by atoms with Crippen LogP contribution in [0.4, 0.5) is 5.69 Å². The molecule has 0 spiro atoms. The van der Waals surface area contributed by atoms with E-state index in [-0.39, 0.29) is 5.56 Å². The number of carbonyl (C=O) groups excluding carboxylic acids is 1. The highest BCUT2D eigenvalue weighted by Gasteiger charge is 2.02. The molecule has 17 heavy (non-hydrogen) atoms. The Kier molecular flexibility index (Phi) is 4.69. The van der Waals surface area contributed by atoms with Crippen molar-refractivity contribution in [3.05, 3.63) is 29.8 Å². The minimum atomic E-state index is -1.17. The van der Waals surface area contributed by atoms with E-state index in [2.05, 4.69) is 24.4 Å². The number of rotatable bonds is 5. The standard InChI is InChI=1S/C13H18N2O2/c1-4-9(2)10(3)14-15-12-7-5-11(6-8-12)13(16)17/h5-9,15H,4H2,1-3H3,(H,16,17)/p-1/b14-10-/t9-/m1/s1. The number of hydrogen-bond donors (Lipinski definition) is 1. The maximum Gasteiger partial charge on any atom is 0.0715 e. The van der Waals surface area contributed by atoms with Crippen LogP contribution in [0.5, 0.6) is 0 Å². The molecule has 0 aliphatic heterocycles. The first-order valence-electron chi connectivity index (χ1n) is 5.66. The molecule has 0 amide bonds. The molecular formula is C13H17N2O2-. The summed E-state index contributed by atoms with van der Waals surface area (Å²) in [6, 6.07) is 6.31. The number of carboxylic acids is 1. The van der Waals surface area contributed by atoms with E-state index >= 15 is 0 Å². The first-order valence-corrected chi connectivity index (χ1v) is 5.66. The van der Waals surface area contributed by atoms with E-state index in [1.54, 1.807) is 12.1 Å². The summed E-state index contributed by atoms with van der Waals surface area (Å²) in [7, 11) is 0. The fourth-order valence-electron chi connectivity index (χ4n) is 1.24. The Morgan fingerprint density at radius 1 is 1.41 bits per heavy atom. The van der Waals surface area contributed by atoms with Crippen molar-refractivity contribution in [1.29, 1.82) is 0 Å². The summed E-state index contributed by atoms with van der Waals surface area (Å²) in [5.41, 5.74) is 4.85. The second-order valence-electron chi connectivity index (χ2n) is 4.04. The number of nitrogens with one attached hydrogen (secondary N) is 1. The van der Waals surface area contributed by atoms with Gasteiger partial charge in [-0.3, -0.25) is 5.43 Å². The van der Waals surface area contributed by atoms with Gasteiger partial charge in [0.1, 0.15) is 0 Å². The molecule has 92 valence electrons. The van der Waals surface area contributed by atoms with Crippen LogP contribution in [-0.4, -0.2) is 11.7 Å². The summed E-state index contributed by atoms with van der Waals surface area (Å²) in [5.74, 6) is -0.735. The van der Waals surface area contributed by atoms with Crippen molar-refractivity contribution < 1.29 is 9.90 Å². The van der Waals surface area contributed by atoms with Crippen LogP contribution < -0.4 is 10.5 Å². The lowest BCUT2D eigenvalue weighted by Crippen LogP contribution is -2.21. The Morgan fingerprint density at radius 2 is 2.00 bits per heavy atom. The van der Waals surface area contributed by atoms with Crippen molar-refractivity contribution in [2.75, 3.05) is 5.43 Å². The van der Waals surface area contributed by atoms with E-state index in [4.69, 9.17) is 0 Å². The van der Waals surface area contributed by atoms with Gasteiger partial charge in [-0.2, -0.15) is 5.10 Å². The number of anilines is 1. The minimum absolute atomic E-state index is 0.165. The van der Waals surface area contributed by atoms with Crippen molar-refractivity contribution in [2.45, 2.75) is 27.2 Å². The molecule has 1 aromatic rings. The third kappa shape index (κ3) is 3.90. The molecule has 1 rings (SSSR count). The van der Waals surface area contributed by atoms with Gasteiger partial charge >= 0.3 is 0 Å². The average Bonchev–Trinajstić information content (AvgIpc) is 2.35. The maximum absolute atomic E-state index is 10.5. The van der Waals surface area contributed by atoms with Gasteiger partial charge in [-0.15, -0.1) is 0 Å². The molecular weight excluding hydrogens is 216 g/mol. The first-order chi connectivity index (χ1) is 8.04. The summed E-state index contributed by atoms with van der Waals surface area (Å²) in [6.07, 6.45) is 1.04.